The predicted octanol–water partition coefficient (Wildman–Crippen LogP) is 4.52. The summed E-state index contributed by atoms with van der Waals surface area (Å²) in [6.07, 6.45) is 3.38. The van der Waals surface area contributed by atoms with Crippen molar-refractivity contribution in [2.45, 2.75) is 13.8 Å². The third-order valence-corrected chi connectivity index (χ3v) is 4.45. The van der Waals surface area contributed by atoms with Crippen molar-refractivity contribution in [2.24, 2.45) is 0 Å². The Morgan fingerprint density at radius 2 is 1.79 bits per heavy atom. The fourth-order valence-electron chi connectivity index (χ4n) is 3.15. The Balaban J connectivity index is 2.01. The van der Waals surface area contributed by atoms with Crippen LogP contribution in [0.25, 0.3) is 6.08 Å². The van der Waals surface area contributed by atoms with Crippen molar-refractivity contribution in [3.8, 4) is 5.75 Å². The van der Waals surface area contributed by atoms with Gasteiger partial charge in [0.15, 0.2) is 0 Å². The van der Waals surface area contributed by atoms with Gasteiger partial charge in [0.2, 0.25) is 0 Å². The van der Waals surface area contributed by atoms with Gasteiger partial charge in [-0.1, -0.05) is 43.0 Å². The fourth-order valence-corrected chi connectivity index (χ4v) is 3.15. The minimum Gasteiger partial charge on any atom is -0.490 e. The van der Waals surface area contributed by atoms with Crippen LogP contribution in [0, 0.1) is 0 Å². The summed E-state index contributed by atoms with van der Waals surface area (Å²) >= 11 is 0. The summed E-state index contributed by atoms with van der Waals surface area (Å²) in [5, 5.41) is 0. The van der Waals surface area contributed by atoms with Gasteiger partial charge < -0.3 is 9.47 Å². The summed E-state index contributed by atoms with van der Waals surface area (Å²) < 4.78 is 10.7. The van der Waals surface area contributed by atoms with Gasteiger partial charge in [-0.25, -0.2) is 4.79 Å². The molecule has 0 fully saturated rings. The first-order chi connectivity index (χ1) is 14.1. The normalized spacial score (nSPS) is 15.0. The molecule has 5 heteroatoms. The van der Waals surface area contributed by atoms with Crippen molar-refractivity contribution in [3.63, 3.8) is 0 Å². The van der Waals surface area contributed by atoms with E-state index in [4.69, 9.17) is 9.47 Å². The van der Waals surface area contributed by atoms with Gasteiger partial charge in [-0.3, -0.25) is 9.69 Å². The number of rotatable bonds is 7. The van der Waals surface area contributed by atoms with Crippen LogP contribution in [0.5, 0.6) is 5.75 Å². The molecule has 0 saturated carbocycles. The monoisotopic (exact) mass is 389 g/mol. The zero-order chi connectivity index (χ0) is 20.8. The highest BCUT2D eigenvalue weighted by atomic mass is 16.5. The standard InChI is InChI=1S/C24H23NO4/c1-4-15-29-20-13-11-18(12-14-20)16-21-22(24(27)28-5-2)17(3)25(23(21)26)19-9-7-6-8-10-19/h4,6-14,16H,1,5,15H2,2-3H3. The second kappa shape index (κ2) is 9.06. The van der Waals surface area contributed by atoms with Gasteiger partial charge in [-0.05, 0) is 49.8 Å². The maximum atomic E-state index is 13.2. The van der Waals surface area contributed by atoms with Gasteiger partial charge in [0.05, 0.1) is 17.8 Å². The van der Waals surface area contributed by atoms with Crippen LogP contribution in [0.2, 0.25) is 0 Å². The van der Waals surface area contributed by atoms with Gasteiger partial charge in [-0.2, -0.15) is 0 Å². The van der Waals surface area contributed by atoms with E-state index in [0.717, 1.165) is 5.56 Å². The molecule has 29 heavy (non-hydrogen) atoms. The number of ether oxygens (including phenoxy) is 2. The molecule has 1 aliphatic heterocycles. The minimum atomic E-state index is -0.506. The molecule has 0 N–H and O–H groups in total. The van der Waals surface area contributed by atoms with E-state index in [9.17, 15) is 9.59 Å². The van der Waals surface area contributed by atoms with Crippen molar-refractivity contribution in [2.75, 3.05) is 18.1 Å². The van der Waals surface area contributed by atoms with Gasteiger partial charge in [0, 0.05) is 11.4 Å². The van der Waals surface area contributed by atoms with Crippen LogP contribution in [-0.2, 0) is 14.3 Å². The molecule has 1 amide bonds. The molecule has 2 aromatic carbocycles. The zero-order valence-electron chi connectivity index (χ0n) is 16.6. The number of hydrogen-bond donors (Lipinski definition) is 0. The van der Waals surface area contributed by atoms with Gasteiger partial charge in [-0.15, -0.1) is 0 Å². The number of nitrogens with zero attached hydrogens (tertiary/aromatic N) is 1. The molecular weight excluding hydrogens is 366 g/mol. The van der Waals surface area contributed by atoms with E-state index < -0.39 is 5.97 Å². The van der Waals surface area contributed by atoms with Gasteiger partial charge >= 0.3 is 5.97 Å². The van der Waals surface area contributed by atoms with Gasteiger partial charge in [0.25, 0.3) is 5.91 Å². The highest BCUT2D eigenvalue weighted by Crippen LogP contribution is 2.35. The number of esters is 1. The Hall–Kier alpha value is -3.60. The molecule has 0 atom stereocenters. The van der Waals surface area contributed by atoms with E-state index in [1.54, 1.807) is 30.9 Å². The Labute approximate surface area is 170 Å². The number of benzene rings is 2. The number of carbonyl (C=O) groups excluding carboxylic acids is 2. The van der Waals surface area contributed by atoms with E-state index >= 15 is 0 Å². The smallest absolute Gasteiger partial charge is 0.340 e. The maximum absolute atomic E-state index is 13.2. The van der Waals surface area contributed by atoms with E-state index in [-0.39, 0.29) is 18.1 Å². The van der Waals surface area contributed by atoms with E-state index in [1.807, 2.05) is 54.6 Å². The lowest BCUT2D eigenvalue weighted by molar-refractivity contribution is -0.138. The first kappa shape index (κ1) is 20.1. The zero-order valence-corrected chi connectivity index (χ0v) is 16.6. The molecule has 148 valence electrons. The van der Waals surface area contributed by atoms with Crippen molar-refractivity contribution in [1.82, 2.24) is 0 Å². The minimum absolute atomic E-state index is 0.234. The van der Waals surface area contributed by atoms with Crippen LogP contribution in [0.3, 0.4) is 0 Å². The van der Waals surface area contributed by atoms with Crippen LogP contribution in [0.15, 0.2) is 84.1 Å². The van der Waals surface area contributed by atoms with Crippen molar-refractivity contribution in [1.29, 1.82) is 0 Å². The molecular formula is C24H23NO4. The molecule has 0 bridgehead atoms. The SMILES string of the molecule is C=CCOc1ccc(C=C2C(=O)N(c3ccccc3)C(C)=C2C(=O)OCC)cc1. The average molecular weight is 389 g/mol. The Morgan fingerprint density at radius 1 is 1.10 bits per heavy atom. The number of anilines is 1. The van der Waals surface area contributed by atoms with Crippen LogP contribution in [-0.4, -0.2) is 25.1 Å². The quantitative estimate of drug-likeness (QED) is 0.397. The van der Waals surface area contributed by atoms with Crippen LogP contribution < -0.4 is 9.64 Å². The van der Waals surface area contributed by atoms with Crippen molar-refractivity contribution >= 4 is 23.6 Å². The van der Waals surface area contributed by atoms with E-state index in [2.05, 4.69) is 6.58 Å². The van der Waals surface area contributed by atoms with Gasteiger partial charge in [0.1, 0.15) is 12.4 Å². The number of hydrogen-bond acceptors (Lipinski definition) is 4. The van der Waals surface area contributed by atoms with Crippen molar-refractivity contribution < 1.29 is 19.1 Å². The number of amides is 1. The third kappa shape index (κ3) is 4.29. The predicted molar refractivity (Wildman–Crippen MR) is 113 cm³/mol. The molecule has 0 unspecified atom stereocenters. The number of para-hydroxylation sites is 1. The van der Waals surface area contributed by atoms with Crippen LogP contribution in [0.4, 0.5) is 5.69 Å². The molecule has 1 aliphatic rings. The summed E-state index contributed by atoms with van der Waals surface area (Å²) in [7, 11) is 0. The third-order valence-electron chi connectivity index (χ3n) is 4.45. The Bertz CT molecular complexity index is 972. The number of allylic oxidation sites excluding steroid dienone is 1. The molecule has 3 rings (SSSR count). The molecule has 2 aromatic rings. The van der Waals surface area contributed by atoms with Crippen molar-refractivity contribution in [3.05, 3.63) is 89.7 Å². The second-order valence-corrected chi connectivity index (χ2v) is 6.38. The fraction of sp³-hybridized carbons (Fsp3) is 0.167. The summed E-state index contributed by atoms with van der Waals surface area (Å²) in [5.74, 6) is -0.0641. The Morgan fingerprint density at radius 3 is 2.41 bits per heavy atom. The second-order valence-electron chi connectivity index (χ2n) is 6.38. The summed E-state index contributed by atoms with van der Waals surface area (Å²) in [6.45, 7) is 7.77. The molecule has 0 radical (unpaired) electrons. The van der Waals surface area contributed by atoms with E-state index in [0.29, 0.717) is 29.3 Å². The first-order valence-corrected chi connectivity index (χ1v) is 9.40. The maximum Gasteiger partial charge on any atom is 0.340 e. The summed E-state index contributed by atoms with van der Waals surface area (Å²) in [5.41, 5.74) is 2.63. The molecule has 0 aromatic heterocycles. The summed E-state index contributed by atoms with van der Waals surface area (Å²) in [4.78, 5) is 27.4. The summed E-state index contributed by atoms with van der Waals surface area (Å²) in [6, 6.07) is 16.5. The lowest BCUT2D eigenvalue weighted by Gasteiger charge is -2.17. The lowest BCUT2D eigenvalue weighted by atomic mass is 10.0. The lowest BCUT2D eigenvalue weighted by Crippen LogP contribution is -2.24. The molecule has 0 spiro atoms. The highest BCUT2D eigenvalue weighted by molar-refractivity contribution is 6.23. The average Bonchev–Trinajstić information content (AvgIpc) is 2.98. The Kier molecular flexibility index (Phi) is 6.29. The topological polar surface area (TPSA) is 55.8 Å². The first-order valence-electron chi connectivity index (χ1n) is 9.40. The van der Waals surface area contributed by atoms with E-state index in [1.165, 1.54) is 0 Å². The number of carbonyl (C=O) groups is 2. The van der Waals surface area contributed by atoms with Crippen LogP contribution in [0.1, 0.15) is 19.4 Å². The highest BCUT2D eigenvalue weighted by Gasteiger charge is 2.37. The molecule has 1 heterocycles. The molecule has 5 nitrogen and oxygen atoms in total. The molecule has 0 aliphatic carbocycles. The largest absolute Gasteiger partial charge is 0.490 e. The molecule has 0 saturated heterocycles. The van der Waals surface area contributed by atoms with Crippen LogP contribution >= 0.6 is 0 Å².